The molecule has 0 saturated heterocycles. The van der Waals surface area contributed by atoms with Crippen LogP contribution in [-0.2, 0) is 11.0 Å². The van der Waals surface area contributed by atoms with Crippen molar-refractivity contribution < 1.29 is 22.8 Å². The fourth-order valence-corrected chi connectivity index (χ4v) is 1.43. The van der Waals surface area contributed by atoms with Crippen molar-refractivity contribution >= 4 is 11.6 Å². The molecule has 0 fully saturated rings. The number of benzene rings is 1. The maximum Gasteiger partial charge on any atom is 0.417 e. The molecular formula is C13H13F3O2. The van der Waals surface area contributed by atoms with Crippen molar-refractivity contribution in [1.29, 1.82) is 0 Å². The lowest BCUT2D eigenvalue weighted by Crippen LogP contribution is -2.17. The van der Waals surface area contributed by atoms with Gasteiger partial charge in [0.1, 0.15) is 5.78 Å². The van der Waals surface area contributed by atoms with Gasteiger partial charge in [-0.25, -0.2) is 0 Å². The molecule has 1 rings (SSSR count). The van der Waals surface area contributed by atoms with Crippen LogP contribution in [0.15, 0.2) is 24.3 Å². The molecule has 0 heterocycles. The molecule has 98 valence electrons. The van der Waals surface area contributed by atoms with Crippen molar-refractivity contribution in [2.75, 3.05) is 0 Å². The van der Waals surface area contributed by atoms with Gasteiger partial charge in [0.2, 0.25) is 0 Å². The summed E-state index contributed by atoms with van der Waals surface area (Å²) >= 11 is 0. The molecule has 0 amide bonds. The predicted molar refractivity (Wildman–Crippen MR) is 60.2 cm³/mol. The zero-order chi connectivity index (χ0) is 13.9. The summed E-state index contributed by atoms with van der Waals surface area (Å²) in [7, 11) is 0. The quantitative estimate of drug-likeness (QED) is 0.611. The van der Waals surface area contributed by atoms with Gasteiger partial charge in [0.25, 0.3) is 0 Å². The molecule has 0 aliphatic rings. The highest BCUT2D eigenvalue weighted by Crippen LogP contribution is 2.32. The van der Waals surface area contributed by atoms with Crippen molar-refractivity contribution in [3.63, 3.8) is 0 Å². The van der Waals surface area contributed by atoms with Crippen LogP contribution in [0, 0.1) is 5.92 Å². The molecule has 0 aliphatic carbocycles. The van der Waals surface area contributed by atoms with Gasteiger partial charge in [-0.2, -0.15) is 13.2 Å². The van der Waals surface area contributed by atoms with E-state index in [1.165, 1.54) is 12.1 Å². The lowest BCUT2D eigenvalue weighted by Gasteiger charge is -2.11. The van der Waals surface area contributed by atoms with E-state index < -0.39 is 29.5 Å². The molecule has 2 nitrogen and oxygen atoms in total. The molecule has 0 radical (unpaired) electrons. The molecule has 0 N–H and O–H groups in total. The standard InChI is InChI=1S/C13H13F3O2/c1-8(2)11(17)7-12(18)9-5-3-4-6-10(9)13(14,15)16/h3-6,8H,7H2,1-2H3. The lowest BCUT2D eigenvalue weighted by molar-refractivity contribution is -0.138. The van der Waals surface area contributed by atoms with Gasteiger partial charge in [-0.05, 0) is 6.07 Å². The number of carbonyl (C=O) groups is 2. The summed E-state index contributed by atoms with van der Waals surface area (Å²) in [6, 6.07) is 4.50. The zero-order valence-corrected chi connectivity index (χ0v) is 10.0. The first-order valence-corrected chi connectivity index (χ1v) is 5.45. The summed E-state index contributed by atoms with van der Waals surface area (Å²) in [5.74, 6) is -1.52. The number of Topliss-reactive ketones (excluding diaryl/α,β-unsaturated/α-hetero) is 2. The summed E-state index contributed by atoms with van der Waals surface area (Å²) in [6.07, 6.45) is -5.09. The van der Waals surface area contributed by atoms with E-state index in [0.29, 0.717) is 0 Å². The number of hydrogen-bond donors (Lipinski definition) is 0. The molecule has 1 aromatic carbocycles. The Hall–Kier alpha value is -1.65. The topological polar surface area (TPSA) is 34.1 Å². The van der Waals surface area contributed by atoms with Gasteiger partial charge in [0, 0.05) is 11.5 Å². The van der Waals surface area contributed by atoms with Gasteiger partial charge in [-0.3, -0.25) is 9.59 Å². The van der Waals surface area contributed by atoms with E-state index in [0.717, 1.165) is 12.1 Å². The molecule has 0 spiro atoms. The Morgan fingerprint density at radius 3 is 2.22 bits per heavy atom. The van der Waals surface area contributed by atoms with E-state index in [2.05, 4.69) is 0 Å². The number of alkyl halides is 3. The number of hydrogen-bond acceptors (Lipinski definition) is 2. The molecule has 0 bridgehead atoms. The number of halogens is 3. The molecule has 0 unspecified atom stereocenters. The normalized spacial score (nSPS) is 11.7. The third kappa shape index (κ3) is 3.42. The van der Waals surface area contributed by atoms with E-state index >= 15 is 0 Å². The summed E-state index contributed by atoms with van der Waals surface area (Å²) < 4.78 is 38.0. The van der Waals surface area contributed by atoms with Crippen LogP contribution in [0.4, 0.5) is 13.2 Å². The summed E-state index contributed by atoms with van der Waals surface area (Å²) in [4.78, 5) is 23.1. The second-order valence-electron chi connectivity index (χ2n) is 4.26. The molecule has 0 saturated carbocycles. The van der Waals surface area contributed by atoms with Crippen LogP contribution >= 0.6 is 0 Å². The molecular weight excluding hydrogens is 245 g/mol. The fourth-order valence-electron chi connectivity index (χ4n) is 1.43. The number of rotatable bonds is 4. The minimum absolute atomic E-state index is 0.364. The van der Waals surface area contributed by atoms with Gasteiger partial charge in [-0.1, -0.05) is 32.0 Å². The Morgan fingerprint density at radius 2 is 1.72 bits per heavy atom. The van der Waals surface area contributed by atoms with Gasteiger partial charge < -0.3 is 0 Å². The summed E-state index contributed by atoms with van der Waals surface area (Å²) in [5.41, 5.74) is -1.44. The average molecular weight is 258 g/mol. The fraction of sp³-hybridized carbons (Fsp3) is 0.385. The van der Waals surface area contributed by atoms with E-state index in [1.807, 2.05) is 0 Å². The van der Waals surface area contributed by atoms with Crippen molar-refractivity contribution in [2.24, 2.45) is 5.92 Å². The number of ketones is 2. The third-order valence-corrected chi connectivity index (χ3v) is 2.51. The molecule has 0 atom stereocenters. The van der Waals surface area contributed by atoms with E-state index in [-0.39, 0.29) is 11.7 Å². The maximum absolute atomic E-state index is 12.7. The third-order valence-electron chi connectivity index (χ3n) is 2.51. The first-order chi connectivity index (χ1) is 8.23. The van der Waals surface area contributed by atoms with E-state index in [4.69, 9.17) is 0 Å². The van der Waals surface area contributed by atoms with Crippen LogP contribution in [0.25, 0.3) is 0 Å². The Morgan fingerprint density at radius 1 is 1.17 bits per heavy atom. The molecule has 1 aromatic rings. The monoisotopic (exact) mass is 258 g/mol. The van der Waals surface area contributed by atoms with Crippen LogP contribution in [0.3, 0.4) is 0 Å². The van der Waals surface area contributed by atoms with Gasteiger partial charge >= 0.3 is 6.18 Å². The highest BCUT2D eigenvalue weighted by atomic mass is 19.4. The molecule has 0 aromatic heterocycles. The predicted octanol–water partition coefficient (Wildman–Crippen LogP) is 3.50. The van der Waals surface area contributed by atoms with Crippen molar-refractivity contribution in [3.05, 3.63) is 35.4 Å². The van der Waals surface area contributed by atoms with E-state index in [1.54, 1.807) is 13.8 Å². The second-order valence-corrected chi connectivity index (χ2v) is 4.26. The molecule has 0 aliphatic heterocycles. The van der Waals surface area contributed by atoms with Crippen molar-refractivity contribution in [1.82, 2.24) is 0 Å². The smallest absolute Gasteiger partial charge is 0.299 e. The molecule has 5 heteroatoms. The molecule has 18 heavy (non-hydrogen) atoms. The number of carbonyl (C=O) groups excluding carboxylic acids is 2. The first-order valence-electron chi connectivity index (χ1n) is 5.45. The van der Waals surface area contributed by atoms with Crippen LogP contribution in [0.1, 0.15) is 36.2 Å². The van der Waals surface area contributed by atoms with Crippen molar-refractivity contribution in [3.8, 4) is 0 Å². The van der Waals surface area contributed by atoms with Gasteiger partial charge in [-0.15, -0.1) is 0 Å². The Bertz CT molecular complexity index is 462. The summed E-state index contributed by atoms with van der Waals surface area (Å²) in [5, 5.41) is 0. The van der Waals surface area contributed by atoms with Crippen molar-refractivity contribution in [2.45, 2.75) is 26.4 Å². The highest BCUT2D eigenvalue weighted by molar-refractivity contribution is 6.09. The summed E-state index contributed by atoms with van der Waals surface area (Å²) in [6.45, 7) is 3.20. The van der Waals surface area contributed by atoms with Crippen LogP contribution < -0.4 is 0 Å². The minimum Gasteiger partial charge on any atom is -0.299 e. The van der Waals surface area contributed by atoms with Gasteiger partial charge in [0.05, 0.1) is 12.0 Å². The Balaban J connectivity index is 3.04. The zero-order valence-electron chi connectivity index (χ0n) is 10.0. The maximum atomic E-state index is 12.7. The Kier molecular flexibility index (Phi) is 4.27. The van der Waals surface area contributed by atoms with E-state index in [9.17, 15) is 22.8 Å². The van der Waals surface area contributed by atoms with Crippen LogP contribution in [-0.4, -0.2) is 11.6 Å². The average Bonchev–Trinajstić information content (AvgIpc) is 2.27. The highest BCUT2D eigenvalue weighted by Gasteiger charge is 2.35. The van der Waals surface area contributed by atoms with Crippen LogP contribution in [0.2, 0.25) is 0 Å². The first kappa shape index (κ1) is 14.4. The van der Waals surface area contributed by atoms with Gasteiger partial charge in [0.15, 0.2) is 5.78 Å². The Labute approximate surface area is 103 Å². The SMILES string of the molecule is CC(C)C(=O)CC(=O)c1ccccc1C(F)(F)F. The largest absolute Gasteiger partial charge is 0.417 e. The lowest BCUT2D eigenvalue weighted by atomic mass is 9.96. The second kappa shape index (κ2) is 5.33. The van der Waals surface area contributed by atoms with Crippen LogP contribution in [0.5, 0.6) is 0 Å². The minimum atomic E-state index is -4.59.